The number of benzene rings is 5. The van der Waals surface area contributed by atoms with Gasteiger partial charge in [0.25, 0.3) is 0 Å². The lowest BCUT2D eigenvalue weighted by Gasteiger charge is -2.46. The van der Waals surface area contributed by atoms with Crippen molar-refractivity contribution in [3.8, 4) is 57.5 Å². The van der Waals surface area contributed by atoms with E-state index in [9.17, 15) is 9.59 Å². The molecule has 2 aliphatic rings. The lowest BCUT2D eigenvalue weighted by Crippen LogP contribution is -3.00. The number of quaternary nitrogens is 2. The first-order valence-electron chi connectivity index (χ1n) is 26.3. The first-order valence-corrected chi connectivity index (χ1v) is 26.3. The molecule has 0 aliphatic carbocycles. The fourth-order valence-electron chi connectivity index (χ4n) is 11.2. The normalized spacial score (nSPS) is 18.1. The molecule has 7 rings (SSSR count). The van der Waals surface area contributed by atoms with E-state index in [0.717, 1.165) is 61.3 Å². The maximum Gasteiger partial charge on any atom is 0.330 e. The van der Waals surface area contributed by atoms with Crippen molar-refractivity contribution in [3.63, 3.8) is 0 Å². The first kappa shape index (κ1) is 63.8. The number of esters is 2. The van der Waals surface area contributed by atoms with Gasteiger partial charge in [-0.2, -0.15) is 0 Å². The molecule has 80 heavy (non-hydrogen) atoms. The highest BCUT2D eigenvalue weighted by Crippen LogP contribution is 2.47. The van der Waals surface area contributed by atoms with E-state index in [2.05, 4.69) is 38.4 Å². The van der Waals surface area contributed by atoms with Crippen LogP contribution in [-0.2, 0) is 44.7 Å². The Hall–Kier alpha value is -6.98. The van der Waals surface area contributed by atoms with Crippen molar-refractivity contribution in [2.45, 2.75) is 50.6 Å². The van der Waals surface area contributed by atoms with Gasteiger partial charge in [-0.3, -0.25) is 0 Å². The number of methoxy groups -OCH3 is 10. The Balaban J connectivity index is 0.00000588. The predicted octanol–water partition coefficient (Wildman–Crippen LogP) is 3.65. The van der Waals surface area contributed by atoms with Crippen LogP contribution in [0.5, 0.6) is 57.5 Å². The second-order valence-corrected chi connectivity index (χ2v) is 20.0. The minimum atomic E-state index is -0.421. The molecular weight excluding hydrogens is 1070 g/mol. The van der Waals surface area contributed by atoms with Gasteiger partial charge < -0.3 is 90.6 Å². The maximum atomic E-state index is 13.0. The number of carbonyl (C=O) groups excluding carboxylic acids is 2. The van der Waals surface area contributed by atoms with Gasteiger partial charge in [-0.15, -0.1) is 0 Å². The Labute approximate surface area is 484 Å². The average molecular weight is 1150 g/mol. The van der Waals surface area contributed by atoms with Gasteiger partial charge in [-0.25, -0.2) is 9.59 Å². The second kappa shape index (κ2) is 29.5. The van der Waals surface area contributed by atoms with E-state index in [1.54, 1.807) is 83.3 Å². The van der Waals surface area contributed by atoms with Gasteiger partial charge in [0.15, 0.2) is 46.0 Å². The molecule has 0 spiro atoms. The first-order chi connectivity index (χ1) is 37.7. The molecule has 16 nitrogen and oxygen atoms in total. The summed E-state index contributed by atoms with van der Waals surface area (Å²) >= 11 is 0. The molecule has 4 unspecified atom stereocenters. The number of halogens is 2. The molecule has 0 aromatic heterocycles. The summed E-state index contributed by atoms with van der Waals surface area (Å²) < 4.78 is 69.8. The van der Waals surface area contributed by atoms with Crippen molar-refractivity contribution in [1.82, 2.24) is 0 Å². The number of carbonyl (C=O) groups is 2. The van der Waals surface area contributed by atoms with Crippen LogP contribution in [0.4, 0.5) is 0 Å². The zero-order valence-corrected chi connectivity index (χ0v) is 49.8. The summed E-state index contributed by atoms with van der Waals surface area (Å²) in [5.41, 5.74) is 8.50. The molecule has 18 heteroatoms. The minimum Gasteiger partial charge on any atom is -1.00 e. The third-order valence-corrected chi connectivity index (χ3v) is 15.5. The average Bonchev–Trinajstić information content (AvgIpc) is 3.50. The molecule has 0 radical (unpaired) electrons. The van der Waals surface area contributed by atoms with Crippen molar-refractivity contribution in [3.05, 3.63) is 129 Å². The van der Waals surface area contributed by atoms with Crippen LogP contribution in [0.1, 0.15) is 69.4 Å². The van der Waals surface area contributed by atoms with Crippen LogP contribution in [-0.4, -0.2) is 145 Å². The lowest BCUT2D eigenvalue weighted by molar-refractivity contribution is -0.941. The van der Waals surface area contributed by atoms with Crippen LogP contribution in [0, 0.1) is 0 Å². The standard InChI is InChI=1S/C62H78N2O14.2ClH/c1-63(27-23-45-37-51(67-3)53(69-5)39-47(45)49(63)31-43-33-55(71-7)61(75-11)56(34-43)72-8)25-13-29-77-59(65)21-19-41-15-17-42(18-16-41)20-22-60(66)78-30-14-26-64(2)28-24-46-38-52(68-4)54(70-6)40-48(46)50(64)32-44-35-57(73-9)62(76-12)58(36-44)74-10;;/h15-22,33-40,49-50H,13-14,23-32H2,1-12H3;2*1H/q+2;;/p-2. The molecule has 0 bridgehead atoms. The van der Waals surface area contributed by atoms with Crippen LogP contribution >= 0.6 is 0 Å². The van der Waals surface area contributed by atoms with Gasteiger partial charge in [0.1, 0.15) is 12.1 Å². The molecule has 5 aromatic carbocycles. The summed E-state index contributed by atoms with van der Waals surface area (Å²) in [6, 6.07) is 24.0. The molecule has 2 heterocycles. The third kappa shape index (κ3) is 14.9. The van der Waals surface area contributed by atoms with Gasteiger partial charge >= 0.3 is 11.9 Å². The van der Waals surface area contributed by atoms with Crippen LogP contribution in [0.2, 0.25) is 0 Å². The summed E-state index contributed by atoms with van der Waals surface area (Å²) in [5.74, 6) is 5.39. The van der Waals surface area contributed by atoms with E-state index in [-0.39, 0.29) is 50.1 Å². The molecule has 0 fully saturated rings. The summed E-state index contributed by atoms with van der Waals surface area (Å²) in [5, 5.41) is 0. The second-order valence-electron chi connectivity index (χ2n) is 20.0. The number of nitrogens with zero attached hydrogens (tertiary/aromatic N) is 2. The van der Waals surface area contributed by atoms with Gasteiger partial charge in [-0.1, -0.05) is 24.3 Å². The largest absolute Gasteiger partial charge is 1.00 e. The molecule has 5 aromatic rings. The van der Waals surface area contributed by atoms with Gasteiger partial charge in [0, 0.05) is 61.8 Å². The fourth-order valence-corrected chi connectivity index (χ4v) is 11.2. The minimum absolute atomic E-state index is 0. The van der Waals surface area contributed by atoms with E-state index in [0.29, 0.717) is 92.1 Å². The number of rotatable bonds is 26. The highest BCUT2D eigenvalue weighted by molar-refractivity contribution is 5.88. The Morgan fingerprint density at radius 2 is 0.762 bits per heavy atom. The molecule has 0 amide bonds. The zero-order valence-electron chi connectivity index (χ0n) is 48.2. The molecule has 4 atom stereocenters. The maximum absolute atomic E-state index is 13.0. The van der Waals surface area contributed by atoms with E-state index in [1.165, 1.54) is 34.4 Å². The molecule has 434 valence electrons. The topological polar surface area (TPSA) is 145 Å². The highest BCUT2D eigenvalue weighted by Gasteiger charge is 2.42. The quantitative estimate of drug-likeness (QED) is 0.0344. The van der Waals surface area contributed by atoms with Crippen molar-refractivity contribution in [1.29, 1.82) is 0 Å². The van der Waals surface area contributed by atoms with Crippen molar-refractivity contribution in [2.75, 3.05) is 125 Å². The highest BCUT2D eigenvalue weighted by atomic mass is 35.5. The Bertz CT molecular complexity index is 2700. The summed E-state index contributed by atoms with van der Waals surface area (Å²) in [7, 11) is 20.8. The molecular formula is C62H78Cl2N2O14. The van der Waals surface area contributed by atoms with E-state index < -0.39 is 11.9 Å². The third-order valence-electron chi connectivity index (χ3n) is 15.5. The fraction of sp³-hybridized carbons (Fsp3) is 0.419. The van der Waals surface area contributed by atoms with Crippen LogP contribution in [0.25, 0.3) is 12.2 Å². The number of hydrogen-bond donors (Lipinski definition) is 0. The summed E-state index contributed by atoms with van der Waals surface area (Å²) in [4.78, 5) is 25.9. The van der Waals surface area contributed by atoms with E-state index in [1.807, 2.05) is 48.5 Å². The summed E-state index contributed by atoms with van der Waals surface area (Å²) in [6.45, 7) is 3.82. The Morgan fingerprint density at radius 1 is 0.450 bits per heavy atom. The molecule has 2 aliphatic heterocycles. The van der Waals surface area contributed by atoms with Gasteiger partial charge in [0.05, 0.1) is 125 Å². The number of fused-ring (bicyclic) bond motifs is 2. The Kier molecular flexibility index (Phi) is 23.5. The smallest absolute Gasteiger partial charge is 0.330 e. The molecule has 0 N–H and O–H groups in total. The van der Waals surface area contributed by atoms with Crippen LogP contribution < -0.4 is 72.2 Å². The zero-order chi connectivity index (χ0) is 56.0. The van der Waals surface area contributed by atoms with Crippen molar-refractivity contribution >= 4 is 24.1 Å². The SMILES string of the molecule is COc1cc2c(cc1OC)C(Cc1cc(OC)c(OC)c(OC)c1)[N+](C)(CCCOC(=O)C=Cc1ccc(C=CC(=O)OCCC[N+]3(C)CCc4cc(OC)c(OC)cc4C3Cc3cc(OC)c(OC)c(OC)c3)cc1)CC2.[Cl-].[Cl-]. The number of ether oxygens (including phenoxy) is 12. The Morgan fingerprint density at radius 3 is 1.06 bits per heavy atom. The summed E-state index contributed by atoms with van der Waals surface area (Å²) in [6.07, 6.45) is 10.7. The molecule has 0 saturated carbocycles. The van der Waals surface area contributed by atoms with Crippen LogP contribution in [0.3, 0.4) is 0 Å². The van der Waals surface area contributed by atoms with Gasteiger partial charge in [0.2, 0.25) is 11.5 Å². The van der Waals surface area contributed by atoms with E-state index in [4.69, 9.17) is 56.8 Å². The van der Waals surface area contributed by atoms with Crippen molar-refractivity contribution in [2.24, 2.45) is 0 Å². The lowest BCUT2D eigenvalue weighted by atomic mass is 9.86. The number of likely N-dealkylation sites (N-methyl/N-ethyl adjacent to an activating group) is 2. The molecule has 0 saturated heterocycles. The number of hydrogen-bond acceptors (Lipinski definition) is 14. The predicted molar refractivity (Wildman–Crippen MR) is 299 cm³/mol. The monoisotopic (exact) mass is 1140 g/mol. The van der Waals surface area contributed by atoms with Gasteiger partial charge in [-0.05, 0) is 94.1 Å². The van der Waals surface area contributed by atoms with E-state index >= 15 is 0 Å². The van der Waals surface area contributed by atoms with Crippen LogP contribution in [0.15, 0.2) is 84.9 Å². The van der Waals surface area contributed by atoms with Crippen molar-refractivity contribution < 1.29 is 100 Å².